The molecule has 108 valence electrons. The number of methoxy groups -OCH3 is 1. The number of aliphatic hydroxyl groups is 1. The number of nitrogens with zero attached hydrogens (tertiary/aromatic N) is 1. The predicted octanol–water partition coefficient (Wildman–Crippen LogP) is 2.12. The Hall–Kier alpha value is -1.85. The number of aryl methyl sites for hydroxylation is 2. The van der Waals surface area contributed by atoms with Crippen molar-refractivity contribution >= 4 is 0 Å². The molecule has 0 spiro atoms. The third kappa shape index (κ3) is 3.59. The molecule has 2 aromatic rings. The molecule has 1 aromatic heterocycles. The van der Waals surface area contributed by atoms with E-state index in [0.717, 1.165) is 16.9 Å². The summed E-state index contributed by atoms with van der Waals surface area (Å²) in [6.07, 6.45) is 1.04. The zero-order chi connectivity index (χ0) is 14.5. The van der Waals surface area contributed by atoms with Gasteiger partial charge in [0.15, 0.2) is 0 Å². The topological polar surface area (TPSA) is 67.5 Å². The van der Waals surface area contributed by atoms with E-state index >= 15 is 0 Å². The molecule has 0 saturated carbocycles. The number of nitrogens with one attached hydrogen (secondary N) is 1. The van der Waals surface area contributed by atoms with Gasteiger partial charge in [-0.25, -0.2) is 4.98 Å². The molecule has 0 bridgehead atoms. The fourth-order valence-corrected chi connectivity index (χ4v) is 2.02. The summed E-state index contributed by atoms with van der Waals surface area (Å²) in [4.78, 5) is 4.10. The van der Waals surface area contributed by atoms with Crippen molar-refractivity contribution in [3.63, 3.8) is 0 Å². The second kappa shape index (κ2) is 6.54. The Morgan fingerprint density at radius 3 is 2.85 bits per heavy atom. The van der Waals surface area contributed by atoms with E-state index in [-0.39, 0.29) is 0 Å². The van der Waals surface area contributed by atoms with Crippen LogP contribution in [0.5, 0.6) is 5.75 Å². The van der Waals surface area contributed by atoms with Crippen molar-refractivity contribution in [2.24, 2.45) is 0 Å². The number of rotatable bonds is 6. The van der Waals surface area contributed by atoms with E-state index in [1.807, 2.05) is 32.0 Å². The minimum absolute atomic E-state index is 0.404. The number of hydrogen-bond donors (Lipinski definition) is 2. The molecule has 0 saturated heterocycles. The maximum absolute atomic E-state index is 10.2. The molecule has 0 aliphatic carbocycles. The lowest BCUT2D eigenvalue weighted by molar-refractivity contribution is 0.169. The Morgan fingerprint density at radius 2 is 2.20 bits per heavy atom. The molecular weight excluding hydrogens is 256 g/mol. The molecule has 2 rings (SSSR count). The zero-order valence-electron chi connectivity index (χ0n) is 12.0. The van der Waals surface area contributed by atoms with Gasteiger partial charge in [0.25, 0.3) is 0 Å². The van der Waals surface area contributed by atoms with Crippen molar-refractivity contribution in [2.75, 3.05) is 13.7 Å². The maximum atomic E-state index is 10.2. The van der Waals surface area contributed by atoms with Crippen molar-refractivity contribution in [3.8, 4) is 5.75 Å². The predicted molar refractivity (Wildman–Crippen MR) is 75.6 cm³/mol. The van der Waals surface area contributed by atoms with Crippen molar-refractivity contribution in [3.05, 3.63) is 47.2 Å². The standard InChI is InChI=1S/C15H20N2O3/c1-10-4-5-14(19-3)12(6-10)13(18)8-16-9-15-17-7-11(2)20-15/h4-7,13,16,18H,8-9H2,1-3H3. The third-order valence-electron chi connectivity index (χ3n) is 3.03. The number of oxazole rings is 1. The summed E-state index contributed by atoms with van der Waals surface area (Å²) in [6.45, 7) is 4.72. The van der Waals surface area contributed by atoms with Crippen LogP contribution in [0.15, 0.2) is 28.8 Å². The van der Waals surface area contributed by atoms with E-state index in [1.165, 1.54) is 0 Å². The van der Waals surface area contributed by atoms with Gasteiger partial charge in [0, 0.05) is 12.1 Å². The van der Waals surface area contributed by atoms with Crippen LogP contribution in [0.4, 0.5) is 0 Å². The van der Waals surface area contributed by atoms with E-state index in [2.05, 4.69) is 10.3 Å². The molecule has 1 unspecified atom stereocenters. The highest BCUT2D eigenvalue weighted by molar-refractivity contribution is 5.38. The molecule has 2 N–H and O–H groups in total. The lowest BCUT2D eigenvalue weighted by atomic mass is 10.1. The average Bonchev–Trinajstić information content (AvgIpc) is 2.84. The Labute approximate surface area is 118 Å². The Morgan fingerprint density at radius 1 is 1.40 bits per heavy atom. The molecule has 1 aromatic carbocycles. The minimum atomic E-state index is -0.638. The molecule has 0 aliphatic rings. The minimum Gasteiger partial charge on any atom is -0.496 e. The average molecular weight is 276 g/mol. The van der Waals surface area contributed by atoms with Crippen molar-refractivity contribution in [1.29, 1.82) is 0 Å². The number of ether oxygens (including phenoxy) is 1. The van der Waals surface area contributed by atoms with Gasteiger partial charge in [-0.3, -0.25) is 0 Å². The first-order valence-corrected chi connectivity index (χ1v) is 6.54. The molecule has 5 nitrogen and oxygen atoms in total. The summed E-state index contributed by atoms with van der Waals surface area (Å²) in [5, 5.41) is 13.4. The summed E-state index contributed by atoms with van der Waals surface area (Å²) in [6, 6.07) is 5.75. The summed E-state index contributed by atoms with van der Waals surface area (Å²) < 4.78 is 10.6. The lowest BCUT2D eigenvalue weighted by Gasteiger charge is -2.15. The SMILES string of the molecule is COc1ccc(C)cc1C(O)CNCc1ncc(C)o1. The smallest absolute Gasteiger partial charge is 0.208 e. The zero-order valence-corrected chi connectivity index (χ0v) is 12.0. The van der Waals surface area contributed by atoms with Gasteiger partial charge in [0.05, 0.1) is 26.0 Å². The van der Waals surface area contributed by atoms with E-state index in [1.54, 1.807) is 13.3 Å². The van der Waals surface area contributed by atoms with Gasteiger partial charge in [-0.1, -0.05) is 11.6 Å². The molecule has 0 radical (unpaired) electrons. The van der Waals surface area contributed by atoms with Crippen LogP contribution in [0.3, 0.4) is 0 Å². The van der Waals surface area contributed by atoms with Gasteiger partial charge < -0.3 is 19.6 Å². The maximum Gasteiger partial charge on any atom is 0.208 e. The fraction of sp³-hybridized carbons (Fsp3) is 0.400. The quantitative estimate of drug-likeness (QED) is 0.846. The van der Waals surface area contributed by atoms with Gasteiger partial charge in [-0.2, -0.15) is 0 Å². The first kappa shape index (κ1) is 14.6. The molecule has 1 atom stereocenters. The number of hydrogen-bond acceptors (Lipinski definition) is 5. The lowest BCUT2D eigenvalue weighted by Crippen LogP contribution is -2.21. The fourth-order valence-electron chi connectivity index (χ4n) is 2.02. The van der Waals surface area contributed by atoms with Crippen LogP contribution in [-0.4, -0.2) is 23.7 Å². The van der Waals surface area contributed by atoms with E-state index in [0.29, 0.717) is 24.7 Å². The Balaban J connectivity index is 1.94. The molecule has 20 heavy (non-hydrogen) atoms. The van der Waals surface area contributed by atoms with E-state index in [4.69, 9.17) is 9.15 Å². The molecule has 0 aliphatic heterocycles. The van der Waals surface area contributed by atoms with Crippen molar-refractivity contribution in [1.82, 2.24) is 10.3 Å². The van der Waals surface area contributed by atoms with E-state index in [9.17, 15) is 5.11 Å². The highest BCUT2D eigenvalue weighted by atomic mass is 16.5. The van der Waals surface area contributed by atoms with Gasteiger partial charge in [-0.15, -0.1) is 0 Å². The van der Waals surface area contributed by atoms with Crippen LogP contribution in [-0.2, 0) is 6.54 Å². The van der Waals surface area contributed by atoms with Crippen LogP contribution in [0.2, 0.25) is 0 Å². The highest BCUT2D eigenvalue weighted by Gasteiger charge is 2.13. The highest BCUT2D eigenvalue weighted by Crippen LogP contribution is 2.25. The van der Waals surface area contributed by atoms with E-state index < -0.39 is 6.10 Å². The summed E-state index contributed by atoms with van der Waals surface area (Å²) in [5.41, 5.74) is 1.87. The molecule has 0 fully saturated rings. The second-order valence-electron chi connectivity index (χ2n) is 4.76. The summed E-state index contributed by atoms with van der Waals surface area (Å²) >= 11 is 0. The summed E-state index contributed by atoms with van der Waals surface area (Å²) in [5.74, 6) is 2.09. The molecule has 0 amide bonds. The van der Waals surface area contributed by atoms with Gasteiger partial charge >= 0.3 is 0 Å². The molecule has 5 heteroatoms. The monoisotopic (exact) mass is 276 g/mol. The van der Waals surface area contributed by atoms with Crippen molar-refractivity contribution in [2.45, 2.75) is 26.5 Å². The number of aliphatic hydroxyl groups excluding tert-OH is 1. The molecular formula is C15H20N2O3. The first-order valence-electron chi connectivity index (χ1n) is 6.54. The largest absolute Gasteiger partial charge is 0.496 e. The van der Waals surface area contributed by atoms with Gasteiger partial charge in [0.2, 0.25) is 5.89 Å². The van der Waals surface area contributed by atoms with Crippen LogP contribution < -0.4 is 10.1 Å². The molecule has 1 heterocycles. The van der Waals surface area contributed by atoms with Crippen molar-refractivity contribution < 1.29 is 14.3 Å². The normalized spacial score (nSPS) is 12.4. The van der Waals surface area contributed by atoms with Crippen LogP contribution >= 0.6 is 0 Å². The second-order valence-corrected chi connectivity index (χ2v) is 4.76. The third-order valence-corrected chi connectivity index (χ3v) is 3.03. The van der Waals surface area contributed by atoms with Gasteiger partial charge in [-0.05, 0) is 26.0 Å². The van der Waals surface area contributed by atoms with Crippen LogP contribution in [0.1, 0.15) is 28.9 Å². The van der Waals surface area contributed by atoms with Gasteiger partial charge in [0.1, 0.15) is 11.5 Å². The number of benzene rings is 1. The number of aromatic nitrogens is 1. The first-order chi connectivity index (χ1) is 9.60. The Bertz CT molecular complexity index is 566. The Kier molecular flexibility index (Phi) is 4.76. The van der Waals surface area contributed by atoms with Crippen LogP contribution in [0, 0.1) is 13.8 Å². The summed E-state index contributed by atoms with van der Waals surface area (Å²) in [7, 11) is 1.60. The van der Waals surface area contributed by atoms with Crippen LogP contribution in [0.25, 0.3) is 0 Å².